The second-order valence-electron chi connectivity index (χ2n) is 5.91. The van der Waals surface area contributed by atoms with Crippen molar-refractivity contribution in [1.82, 2.24) is 15.1 Å². The standard InChI is InChI=1S/C16H28BrN3/c1-4-9-18-13-8-7-12(10-13)11-15-16(17)14(5-2)19-20(15)6-3/h12-13,18H,4-11H2,1-3H3. The first-order valence-corrected chi connectivity index (χ1v) is 8.96. The van der Waals surface area contributed by atoms with Gasteiger partial charge in [-0.1, -0.05) is 13.8 Å². The van der Waals surface area contributed by atoms with Crippen LogP contribution >= 0.6 is 15.9 Å². The second-order valence-corrected chi connectivity index (χ2v) is 6.70. The Kier molecular flexibility index (Phi) is 6.09. The summed E-state index contributed by atoms with van der Waals surface area (Å²) in [5, 5.41) is 8.38. The molecule has 1 aromatic rings. The van der Waals surface area contributed by atoms with E-state index in [0.717, 1.165) is 31.5 Å². The summed E-state index contributed by atoms with van der Waals surface area (Å²) in [6.45, 7) is 8.73. The first kappa shape index (κ1) is 16.0. The fraction of sp³-hybridized carbons (Fsp3) is 0.812. The summed E-state index contributed by atoms with van der Waals surface area (Å²) in [5.74, 6) is 0.812. The highest BCUT2D eigenvalue weighted by Gasteiger charge is 2.26. The predicted octanol–water partition coefficient (Wildman–Crippen LogP) is 3.94. The Labute approximate surface area is 131 Å². The van der Waals surface area contributed by atoms with Crippen LogP contribution in [0.4, 0.5) is 0 Å². The lowest BCUT2D eigenvalue weighted by Gasteiger charge is -2.13. The molecule has 2 rings (SSSR count). The van der Waals surface area contributed by atoms with Crippen LogP contribution in [0.15, 0.2) is 4.47 Å². The maximum absolute atomic E-state index is 4.71. The Bertz CT molecular complexity index is 428. The molecule has 0 amide bonds. The van der Waals surface area contributed by atoms with Crippen molar-refractivity contribution in [3.05, 3.63) is 15.9 Å². The van der Waals surface area contributed by atoms with Gasteiger partial charge in [-0.25, -0.2) is 0 Å². The van der Waals surface area contributed by atoms with E-state index in [1.807, 2.05) is 0 Å². The molecule has 20 heavy (non-hydrogen) atoms. The summed E-state index contributed by atoms with van der Waals surface area (Å²) in [4.78, 5) is 0. The SMILES string of the molecule is CCCNC1CCC(Cc2c(Br)c(CC)nn2CC)C1. The minimum absolute atomic E-state index is 0.738. The number of rotatable bonds is 7. The predicted molar refractivity (Wildman–Crippen MR) is 88.1 cm³/mol. The van der Waals surface area contributed by atoms with Crippen molar-refractivity contribution in [1.29, 1.82) is 0 Å². The van der Waals surface area contributed by atoms with Gasteiger partial charge in [0.1, 0.15) is 0 Å². The van der Waals surface area contributed by atoms with Crippen molar-refractivity contribution < 1.29 is 0 Å². The van der Waals surface area contributed by atoms with Gasteiger partial charge in [0.2, 0.25) is 0 Å². The van der Waals surface area contributed by atoms with Crippen LogP contribution in [0.5, 0.6) is 0 Å². The van der Waals surface area contributed by atoms with Crippen molar-refractivity contribution in [2.24, 2.45) is 5.92 Å². The van der Waals surface area contributed by atoms with Gasteiger partial charge in [-0.15, -0.1) is 0 Å². The van der Waals surface area contributed by atoms with E-state index in [9.17, 15) is 0 Å². The molecule has 1 N–H and O–H groups in total. The minimum atomic E-state index is 0.738. The average molecular weight is 342 g/mol. The van der Waals surface area contributed by atoms with Gasteiger partial charge in [0.15, 0.2) is 0 Å². The van der Waals surface area contributed by atoms with Gasteiger partial charge in [0, 0.05) is 12.6 Å². The highest BCUT2D eigenvalue weighted by atomic mass is 79.9. The minimum Gasteiger partial charge on any atom is -0.314 e. The van der Waals surface area contributed by atoms with E-state index in [1.54, 1.807) is 0 Å². The molecule has 1 aliphatic rings. The molecular formula is C16H28BrN3. The van der Waals surface area contributed by atoms with Gasteiger partial charge in [0.25, 0.3) is 0 Å². The number of hydrogen-bond acceptors (Lipinski definition) is 2. The van der Waals surface area contributed by atoms with E-state index in [1.165, 1.54) is 48.0 Å². The number of nitrogens with zero attached hydrogens (tertiary/aromatic N) is 2. The van der Waals surface area contributed by atoms with E-state index in [4.69, 9.17) is 5.10 Å². The van der Waals surface area contributed by atoms with Gasteiger partial charge < -0.3 is 5.32 Å². The van der Waals surface area contributed by atoms with Crippen LogP contribution in [0, 0.1) is 5.92 Å². The average Bonchev–Trinajstić information content (AvgIpc) is 3.03. The van der Waals surface area contributed by atoms with E-state index in [-0.39, 0.29) is 0 Å². The Morgan fingerprint density at radius 1 is 1.30 bits per heavy atom. The van der Waals surface area contributed by atoms with E-state index in [0.29, 0.717) is 0 Å². The Morgan fingerprint density at radius 3 is 2.75 bits per heavy atom. The topological polar surface area (TPSA) is 29.9 Å². The van der Waals surface area contributed by atoms with Gasteiger partial charge in [-0.05, 0) is 73.8 Å². The number of halogens is 1. The third kappa shape index (κ3) is 3.64. The first-order valence-electron chi connectivity index (χ1n) is 8.16. The summed E-state index contributed by atoms with van der Waals surface area (Å²) in [5.41, 5.74) is 2.62. The Balaban J connectivity index is 1.98. The summed E-state index contributed by atoms with van der Waals surface area (Å²) in [7, 11) is 0. The molecule has 0 aromatic carbocycles. The molecule has 0 bridgehead atoms. The van der Waals surface area contributed by atoms with Gasteiger partial charge >= 0.3 is 0 Å². The zero-order valence-corrected chi connectivity index (χ0v) is 14.7. The maximum atomic E-state index is 4.71. The zero-order chi connectivity index (χ0) is 14.5. The smallest absolute Gasteiger partial charge is 0.0766 e. The normalized spacial score (nSPS) is 22.6. The van der Waals surface area contributed by atoms with Gasteiger partial charge in [-0.3, -0.25) is 4.68 Å². The molecule has 3 nitrogen and oxygen atoms in total. The highest BCUT2D eigenvalue weighted by molar-refractivity contribution is 9.10. The lowest BCUT2D eigenvalue weighted by atomic mass is 10.0. The number of hydrogen-bond donors (Lipinski definition) is 1. The molecule has 1 aliphatic carbocycles. The number of aryl methyl sites for hydroxylation is 2. The van der Waals surface area contributed by atoms with Crippen LogP contribution in [-0.4, -0.2) is 22.4 Å². The largest absolute Gasteiger partial charge is 0.314 e. The quantitative estimate of drug-likeness (QED) is 0.813. The van der Waals surface area contributed by atoms with Crippen molar-refractivity contribution >= 4 is 15.9 Å². The molecule has 1 aromatic heterocycles. The molecule has 4 heteroatoms. The molecule has 0 spiro atoms. The summed E-state index contributed by atoms with van der Waals surface area (Å²) < 4.78 is 3.45. The van der Waals surface area contributed by atoms with Crippen molar-refractivity contribution in [2.45, 2.75) is 71.9 Å². The second kappa shape index (κ2) is 7.60. The molecule has 0 aliphatic heterocycles. The molecule has 2 unspecified atom stereocenters. The third-order valence-corrected chi connectivity index (χ3v) is 5.32. The van der Waals surface area contributed by atoms with E-state index < -0.39 is 0 Å². The number of nitrogens with one attached hydrogen (secondary N) is 1. The van der Waals surface area contributed by atoms with Crippen molar-refractivity contribution in [3.63, 3.8) is 0 Å². The van der Waals surface area contributed by atoms with Crippen molar-refractivity contribution in [3.8, 4) is 0 Å². The van der Waals surface area contributed by atoms with Gasteiger partial charge in [0.05, 0.1) is 15.9 Å². The monoisotopic (exact) mass is 341 g/mol. The van der Waals surface area contributed by atoms with Crippen LogP contribution in [0.25, 0.3) is 0 Å². The van der Waals surface area contributed by atoms with E-state index >= 15 is 0 Å². The molecule has 0 saturated heterocycles. The summed E-state index contributed by atoms with van der Waals surface area (Å²) in [6.07, 6.45) is 7.42. The number of aromatic nitrogens is 2. The molecular weight excluding hydrogens is 314 g/mol. The molecule has 0 radical (unpaired) electrons. The summed E-state index contributed by atoms with van der Waals surface area (Å²) >= 11 is 3.77. The van der Waals surface area contributed by atoms with Crippen LogP contribution in [0.3, 0.4) is 0 Å². The molecule has 1 heterocycles. The van der Waals surface area contributed by atoms with Crippen LogP contribution in [0.1, 0.15) is 57.8 Å². The fourth-order valence-electron chi connectivity index (χ4n) is 3.28. The fourth-order valence-corrected chi connectivity index (χ4v) is 4.01. The Morgan fingerprint density at radius 2 is 2.10 bits per heavy atom. The third-order valence-electron chi connectivity index (χ3n) is 4.40. The summed E-state index contributed by atoms with van der Waals surface area (Å²) in [6, 6.07) is 0.738. The van der Waals surface area contributed by atoms with E-state index in [2.05, 4.69) is 46.7 Å². The Hall–Kier alpha value is -0.350. The molecule has 1 fully saturated rings. The van der Waals surface area contributed by atoms with Crippen LogP contribution in [0.2, 0.25) is 0 Å². The van der Waals surface area contributed by atoms with Crippen LogP contribution in [-0.2, 0) is 19.4 Å². The molecule has 1 saturated carbocycles. The molecule has 114 valence electrons. The highest BCUT2D eigenvalue weighted by Crippen LogP contribution is 2.32. The maximum Gasteiger partial charge on any atom is 0.0766 e. The lowest BCUT2D eigenvalue weighted by Crippen LogP contribution is -2.27. The van der Waals surface area contributed by atoms with Crippen LogP contribution < -0.4 is 5.32 Å². The van der Waals surface area contributed by atoms with Crippen molar-refractivity contribution in [2.75, 3.05) is 6.54 Å². The van der Waals surface area contributed by atoms with Gasteiger partial charge in [-0.2, -0.15) is 5.10 Å². The molecule has 2 atom stereocenters. The first-order chi connectivity index (χ1) is 9.69. The zero-order valence-electron chi connectivity index (χ0n) is 13.1. The lowest BCUT2D eigenvalue weighted by molar-refractivity contribution is 0.469.